The summed E-state index contributed by atoms with van der Waals surface area (Å²) in [6.45, 7) is 4.36. The molecule has 4 nitrogen and oxygen atoms in total. The molecule has 1 saturated heterocycles. The molecule has 0 amide bonds. The third-order valence-corrected chi connectivity index (χ3v) is 4.22. The van der Waals surface area contributed by atoms with Gasteiger partial charge >= 0.3 is 0 Å². The van der Waals surface area contributed by atoms with Gasteiger partial charge in [-0.1, -0.05) is 0 Å². The first-order chi connectivity index (χ1) is 10.2. The van der Waals surface area contributed by atoms with Crippen molar-refractivity contribution < 1.29 is 4.74 Å². The maximum Gasteiger partial charge on any atom is 0.119 e. The van der Waals surface area contributed by atoms with Crippen molar-refractivity contribution in [2.45, 2.75) is 25.8 Å². The largest absolute Gasteiger partial charge is 0.497 e. The molecule has 0 bridgehead atoms. The van der Waals surface area contributed by atoms with Gasteiger partial charge in [-0.2, -0.15) is 0 Å². The number of rotatable bonds is 3. The maximum absolute atomic E-state index is 5.35. The normalized spacial score (nSPS) is 17.1. The minimum absolute atomic E-state index is 0.539. The van der Waals surface area contributed by atoms with Crippen molar-refractivity contribution >= 4 is 16.6 Å². The van der Waals surface area contributed by atoms with Gasteiger partial charge in [0.2, 0.25) is 0 Å². The summed E-state index contributed by atoms with van der Waals surface area (Å²) < 4.78 is 5.35. The predicted octanol–water partition coefficient (Wildman–Crippen LogP) is 3.06. The molecule has 1 aromatic carbocycles. The van der Waals surface area contributed by atoms with Crippen molar-refractivity contribution in [3.05, 3.63) is 30.0 Å². The molecule has 4 heteroatoms. The van der Waals surface area contributed by atoms with Crippen LogP contribution in [0.5, 0.6) is 5.75 Å². The second-order valence-corrected chi connectivity index (χ2v) is 5.92. The number of likely N-dealkylation sites (tertiary alicyclic amines) is 1. The van der Waals surface area contributed by atoms with Gasteiger partial charge in [0.25, 0.3) is 0 Å². The fourth-order valence-electron chi connectivity index (χ4n) is 2.96. The van der Waals surface area contributed by atoms with Crippen molar-refractivity contribution in [3.63, 3.8) is 0 Å². The van der Waals surface area contributed by atoms with Crippen LogP contribution in [0.25, 0.3) is 10.9 Å². The minimum atomic E-state index is 0.539. The highest BCUT2D eigenvalue weighted by molar-refractivity contribution is 5.92. The Morgan fingerprint density at radius 1 is 1.24 bits per heavy atom. The van der Waals surface area contributed by atoms with Gasteiger partial charge in [-0.15, -0.1) is 0 Å². The molecule has 112 valence electrons. The van der Waals surface area contributed by atoms with E-state index in [9.17, 15) is 0 Å². The van der Waals surface area contributed by atoms with Crippen molar-refractivity contribution in [3.8, 4) is 5.75 Å². The van der Waals surface area contributed by atoms with Crippen LogP contribution in [0, 0.1) is 6.92 Å². The standard InChI is InChI=1S/C17H23N3O/c1-12-10-17(19-13-6-8-20(2)9-7-13)15-11-14(21-3)4-5-16(15)18-12/h4-5,10-11,13H,6-9H2,1-3H3,(H,18,19). The summed E-state index contributed by atoms with van der Waals surface area (Å²) in [7, 11) is 3.89. The molecule has 1 aliphatic heterocycles. The number of ether oxygens (including phenoxy) is 1. The molecule has 0 spiro atoms. The lowest BCUT2D eigenvalue weighted by Crippen LogP contribution is -2.36. The molecule has 3 rings (SSSR count). The van der Waals surface area contributed by atoms with Crippen molar-refractivity contribution in [1.29, 1.82) is 0 Å². The van der Waals surface area contributed by atoms with Gasteiger partial charge in [-0.3, -0.25) is 4.98 Å². The van der Waals surface area contributed by atoms with Crippen LogP contribution in [0.1, 0.15) is 18.5 Å². The SMILES string of the molecule is COc1ccc2nc(C)cc(NC3CCN(C)CC3)c2c1. The lowest BCUT2D eigenvalue weighted by Gasteiger charge is -2.30. The van der Waals surface area contributed by atoms with Crippen LogP contribution < -0.4 is 10.1 Å². The topological polar surface area (TPSA) is 37.4 Å². The van der Waals surface area contributed by atoms with Gasteiger partial charge in [0.1, 0.15) is 5.75 Å². The van der Waals surface area contributed by atoms with E-state index in [0.717, 1.165) is 35.4 Å². The first-order valence-corrected chi connectivity index (χ1v) is 7.56. The Hall–Kier alpha value is -1.81. The molecule has 2 heterocycles. The number of aryl methyl sites for hydroxylation is 1. The van der Waals surface area contributed by atoms with Crippen LogP contribution in [0.2, 0.25) is 0 Å². The molecule has 0 saturated carbocycles. The first kappa shape index (κ1) is 14.1. The molecule has 2 aromatic rings. The summed E-state index contributed by atoms with van der Waals surface area (Å²) in [5, 5.41) is 4.85. The number of aromatic nitrogens is 1. The van der Waals surface area contributed by atoms with Gasteiger partial charge < -0.3 is 15.0 Å². The molecule has 1 aliphatic rings. The van der Waals surface area contributed by atoms with Crippen LogP contribution in [0.4, 0.5) is 5.69 Å². The number of hydrogen-bond donors (Lipinski definition) is 1. The van der Waals surface area contributed by atoms with E-state index >= 15 is 0 Å². The minimum Gasteiger partial charge on any atom is -0.497 e. The molecule has 21 heavy (non-hydrogen) atoms. The lowest BCUT2D eigenvalue weighted by molar-refractivity contribution is 0.264. The summed E-state index contributed by atoms with van der Waals surface area (Å²) in [6, 6.07) is 8.74. The number of pyridine rings is 1. The van der Waals surface area contributed by atoms with Gasteiger partial charge in [-0.05, 0) is 64.2 Å². The molecule has 0 unspecified atom stereocenters. The van der Waals surface area contributed by atoms with Gasteiger partial charge in [0.15, 0.2) is 0 Å². The zero-order chi connectivity index (χ0) is 14.8. The highest BCUT2D eigenvalue weighted by atomic mass is 16.5. The number of benzene rings is 1. The van der Waals surface area contributed by atoms with E-state index in [2.05, 4.69) is 34.4 Å². The number of fused-ring (bicyclic) bond motifs is 1. The Bertz CT molecular complexity index is 633. The molecule has 1 N–H and O–H groups in total. The Kier molecular flexibility index (Phi) is 3.97. The van der Waals surface area contributed by atoms with E-state index in [1.807, 2.05) is 19.1 Å². The summed E-state index contributed by atoms with van der Waals surface area (Å²) in [6.07, 6.45) is 2.37. The summed E-state index contributed by atoms with van der Waals surface area (Å²) >= 11 is 0. The maximum atomic E-state index is 5.35. The lowest BCUT2D eigenvalue weighted by atomic mass is 10.0. The van der Waals surface area contributed by atoms with Gasteiger partial charge in [-0.25, -0.2) is 0 Å². The van der Waals surface area contributed by atoms with E-state index in [0.29, 0.717) is 6.04 Å². The number of nitrogens with zero attached hydrogens (tertiary/aromatic N) is 2. The molecule has 0 radical (unpaired) electrons. The third-order valence-electron chi connectivity index (χ3n) is 4.22. The second kappa shape index (κ2) is 5.90. The zero-order valence-electron chi connectivity index (χ0n) is 13.0. The number of piperidine rings is 1. The van der Waals surface area contributed by atoms with E-state index in [1.165, 1.54) is 18.5 Å². The average Bonchev–Trinajstić information content (AvgIpc) is 2.49. The molecular weight excluding hydrogens is 262 g/mol. The molecule has 1 aromatic heterocycles. The van der Waals surface area contributed by atoms with Gasteiger partial charge in [0.05, 0.1) is 12.6 Å². The van der Waals surface area contributed by atoms with Crippen LogP contribution in [-0.4, -0.2) is 43.2 Å². The van der Waals surface area contributed by atoms with Crippen LogP contribution >= 0.6 is 0 Å². The number of methoxy groups -OCH3 is 1. The molecular formula is C17H23N3O. The number of anilines is 1. The zero-order valence-corrected chi connectivity index (χ0v) is 13.0. The quantitative estimate of drug-likeness (QED) is 0.940. The number of hydrogen-bond acceptors (Lipinski definition) is 4. The van der Waals surface area contributed by atoms with E-state index in [1.54, 1.807) is 7.11 Å². The van der Waals surface area contributed by atoms with Crippen molar-refractivity contribution in [2.24, 2.45) is 0 Å². The Labute approximate surface area is 126 Å². The highest BCUT2D eigenvalue weighted by Crippen LogP contribution is 2.28. The van der Waals surface area contributed by atoms with Crippen LogP contribution in [0.3, 0.4) is 0 Å². The fraction of sp³-hybridized carbons (Fsp3) is 0.471. The fourth-order valence-corrected chi connectivity index (χ4v) is 2.96. The Morgan fingerprint density at radius 3 is 2.71 bits per heavy atom. The van der Waals surface area contributed by atoms with Crippen LogP contribution in [0.15, 0.2) is 24.3 Å². The highest BCUT2D eigenvalue weighted by Gasteiger charge is 2.17. The van der Waals surface area contributed by atoms with Crippen LogP contribution in [-0.2, 0) is 0 Å². The predicted molar refractivity (Wildman–Crippen MR) is 87.2 cm³/mol. The summed E-state index contributed by atoms with van der Waals surface area (Å²) in [4.78, 5) is 7.00. The van der Waals surface area contributed by atoms with Crippen molar-refractivity contribution in [2.75, 3.05) is 32.6 Å². The summed E-state index contributed by atoms with van der Waals surface area (Å²) in [5.41, 5.74) is 3.24. The van der Waals surface area contributed by atoms with E-state index < -0.39 is 0 Å². The van der Waals surface area contributed by atoms with E-state index in [4.69, 9.17) is 4.74 Å². The molecule has 1 fully saturated rings. The van der Waals surface area contributed by atoms with E-state index in [-0.39, 0.29) is 0 Å². The molecule has 0 aliphatic carbocycles. The Morgan fingerprint density at radius 2 is 2.00 bits per heavy atom. The average molecular weight is 285 g/mol. The Balaban J connectivity index is 1.92. The first-order valence-electron chi connectivity index (χ1n) is 7.56. The monoisotopic (exact) mass is 285 g/mol. The second-order valence-electron chi connectivity index (χ2n) is 5.92. The van der Waals surface area contributed by atoms with Gasteiger partial charge in [0, 0.05) is 22.8 Å². The summed E-state index contributed by atoms with van der Waals surface area (Å²) in [5.74, 6) is 0.875. The smallest absolute Gasteiger partial charge is 0.119 e. The third kappa shape index (κ3) is 3.10. The number of nitrogens with one attached hydrogen (secondary N) is 1. The van der Waals surface area contributed by atoms with Crippen molar-refractivity contribution in [1.82, 2.24) is 9.88 Å². The molecule has 0 atom stereocenters.